The van der Waals surface area contributed by atoms with E-state index in [2.05, 4.69) is 14.8 Å². The molecule has 2 rings (SSSR count). The van der Waals surface area contributed by atoms with E-state index < -0.39 is 5.97 Å². The third-order valence-electron chi connectivity index (χ3n) is 2.33. The Labute approximate surface area is 103 Å². The summed E-state index contributed by atoms with van der Waals surface area (Å²) in [5.74, 6) is -0.528. The van der Waals surface area contributed by atoms with Crippen molar-refractivity contribution in [3.63, 3.8) is 0 Å². The number of carbonyl (C=O) groups is 1. The van der Waals surface area contributed by atoms with Gasteiger partial charge in [-0.2, -0.15) is 5.26 Å². The van der Waals surface area contributed by atoms with Crippen LogP contribution in [0.5, 0.6) is 0 Å². The van der Waals surface area contributed by atoms with Crippen LogP contribution >= 0.6 is 0 Å². The molecule has 0 aliphatic heterocycles. The summed E-state index contributed by atoms with van der Waals surface area (Å²) in [6.07, 6.45) is 1.46. The minimum atomic E-state index is -0.562. The lowest BCUT2D eigenvalue weighted by atomic mass is 10.1. The average Bonchev–Trinajstić information content (AvgIpc) is 2.87. The molecule has 1 aromatic carbocycles. The van der Waals surface area contributed by atoms with Crippen molar-refractivity contribution in [3.05, 3.63) is 47.5 Å². The molecule has 0 atom stereocenters. The van der Waals surface area contributed by atoms with Crippen LogP contribution in [0.1, 0.15) is 21.7 Å². The maximum absolute atomic E-state index is 11.2. The summed E-state index contributed by atoms with van der Waals surface area (Å²) in [7, 11) is 1.28. The number of hydrogen-bond donors (Lipinski definition) is 0. The fraction of sp³-hybridized carbons (Fsp3) is 0.167. The number of hydrogen-bond acceptors (Lipinski definition) is 5. The van der Waals surface area contributed by atoms with Crippen LogP contribution in [0.4, 0.5) is 0 Å². The summed E-state index contributed by atoms with van der Waals surface area (Å²) in [4.78, 5) is 15.0. The van der Waals surface area contributed by atoms with E-state index in [-0.39, 0.29) is 5.82 Å². The van der Waals surface area contributed by atoms with E-state index >= 15 is 0 Å². The highest BCUT2D eigenvalue weighted by molar-refractivity contribution is 5.84. The zero-order valence-electron chi connectivity index (χ0n) is 9.70. The largest absolute Gasteiger partial charge is 0.463 e. The molecular formula is C12H10N4O2. The molecule has 0 radical (unpaired) electrons. The molecule has 1 heterocycles. The molecular weight excluding hydrogens is 232 g/mol. The van der Waals surface area contributed by atoms with E-state index in [0.717, 1.165) is 5.56 Å². The minimum Gasteiger partial charge on any atom is -0.463 e. The van der Waals surface area contributed by atoms with Gasteiger partial charge in [0.25, 0.3) is 5.82 Å². The van der Waals surface area contributed by atoms with Crippen LogP contribution < -0.4 is 0 Å². The van der Waals surface area contributed by atoms with Crippen LogP contribution in [0.3, 0.4) is 0 Å². The lowest BCUT2D eigenvalue weighted by molar-refractivity contribution is 0.0586. The van der Waals surface area contributed by atoms with Gasteiger partial charge >= 0.3 is 5.97 Å². The number of nitrogens with zero attached hydrogens (tertiary/aromatic N) is 4. The van der Waals surface area contributed by atoms with Crippen molar-refractivity contribution in [2.45, 2.75) is 6.54 Å². The third-order valence-corrected chi connectivity index (χ3v) is 2.33. The topological polar surface area (TPSA) is 80.8 Å². The first-order chi connectivity index (χ1) is 8.72. The van der Waals surface area contributed by atoms with Gasteiger partial charge in [-0.1, -0.05) is 12.1 Å². The fourth-order valence-corrected chi connectivity index (χ4v) is 1.43. The first-order valence-electron chi connectivity index (χ1n) is 5.19. The van der Waals surface area contributed by atoms with E-state index in [9.17, 15) is 4.79 Å². The number of ether oxygens (including phenoxy) is 1. The van der Waals surface area contributed by atoms with Gasteiger partial charge in [-0.3, -0.25) is 0 Å². The van der Waals surface area contributed by atoms with Crippen LogP contribution in [0, 0.1) is 11.3 Å². The molecule has 0 aliphatic rings. The van der Waals surface area contributed by atoms with Gasteiger partial charge in [0.1, 0.15) is 6.33 Å². The lowest BCUT2D eigenvalue weighted by Gasteiger charge is -2.00. The van der Waals surface area contributed by atoms with Gasteiger partial charge in [0.15, 0.2) is 0 Å². The molecule has 0 saturated heterocycles. The van der Waals surface area contributed by atoms with Gasteiger partial charge < -0.3 is 4.74 Å². The van der Waals surface area contributed by atoms with Gasteiger partial charge in [0, 0.05) is 0 Å². The first-order valence-corrected chi connectivity index (χ1v) is 5.19. The highest BCUT2D eigenvalue weighted by Gasteiger charge is 2.10. The van der Waals surface area contributed by atoms with Crippen LogP contribution in [0.15, 0.2) is 30.6 Å². The van der Waals surface area contributed by atoms with E-state index in [0.29, 0.717) is 12.1 Å². The standard InChI is InChI=1S/C12H10N4O2/c1-18-12(17)11-14-8-16(15-11)7-10-4-2-9(6-13)3-5-10/h2-5,8H,7H2,1H3. The molecule has 18 heavy (non-hydrogen) atoms. The molecule has 0 fully saturated rings. The summed E-state index contributed by atoms with van der Waals surface area (Å²) in [6.45, 7) is 0.482. The van der Waals surface area contributed by atoms with Crippen molar-refractivity contribution >= 4 is 5.97 Å². The second kappa shape index (κ2) is 5.10. The lowest BCUT2D eigenvalue weighted by Crippen LogP contribution is -2.06. The van der Waals surface area contributed by atoms with Crippen LogP contribution in [-0.2, 0) is 11.3 Å². The summed E-state index contributed by atoms with van der Waals surface area (Å²) >= 11 is 0. The van der Waals surface area contributed by atoms with Crippen molar-refractivity contribution in [2.75, 3.05) is 7.11 Å². The number of esters is 1. The maximum atomic E-state index is 11.2. The molecule has 0 bridgehead atoms. The number of nitriles is 1. The normalized spacial score (nSPS) is 9.78. The highest BCUT2D eigenvalue weighted by Crippen LogP contribution is 2.05. The van der Waals surface area contributed by atoms with E-state index in [1.807, 2.05) is 18.2 Å². The van der Waals surface area contributed by atoms with Gasteiger partial charge in [0.05, 0.1) is 25.3 Å². The van der Waals surface area contributed by atoms with Crippen molar-refractivity contribution in [3.8, 4) is 6.07 Å². The van der Waals surface area contributed by atoms with Crippen molar-refractivity contribution in [1.82, 2.24) is 14.8 Å². The molecule has 6 heteroatoms. The van der Waals surface area contributed by atoms with Crippen molar-refractivity contribution in [2.24, 2.45) is 0 Å². The Bertz CT molecular complexity index is 595. The molecule has 0 spiro atoms. The zero-order chi connectivity index (χ0) is 13.0. The van der Waals surface area contributed by atoms with Crippen LogP contribution in [0.25, 0.3) is 0 Å². The van der Waals surface area contributed by atoms with E-state index in [1.54, 1.807) is 12.1 Å². The second-order valence-electron chi connectivity index (χ2n) is 3.57. The Kier molecular flexibility index (Phi) is 3.34. The Morgan fingerprint density at radius 3 is 2.78 bits per heavy atom. The van der Waals surface area contributed by atoms with Crippen molar-refractivity contribution in [1.29, 1.82) is 5.26 Å². The van der Waals surface area contributed by atoms with E-state index in [1.165, 1.54) is 18.1 Å². The first kappa shape index (κ1) is 11.8. The zero-order valence-corrected chi connectivity index (χ0v) is 9.70. The molecule has 0 unspecified atom stereocenters. The molecule has 90 valence electrons. The molecule has 0 N–H and O–H groups in total. The quantitative estimate of drug-likeness (QED) is 0.749. The molecule has 6 nitrogen and oxygen atoms in total. The molecule has 0 amide bonds. The molecule has 1 aromatic heterocycles. The molecule has 0 aliphatic carbocycles. The Balaban J connectivity index is 2.11. The summed E-state index contributed by atoms with van der Waals surface area (Å²) in [5, 5.41) is 12.7. The van der Waals surface area contributed by atoms with Crippen LogP contribution in [0.2, 0.25) is 0 Å². The Morgan fingerprint density at radius 1 is 1.44 bits per heavy atom. The predicted molar refractivity (Wildman–Crippen MR) is 61.6 cm³/mol. The number of benzene rings is 1. The molecule has 0 saturated carbocycles. The number of carbonyl (C=O) groups excluding carboxylic acids is 1. The average molecular weight is 242 g/mol. The van der Waals surface area contributed by atoms with Crippen molar-refractivity contribution < 1.29 is 9.53 Å². The van der Waals surface area contributed by atoms with E-state index in [4.69, 9.17) is 5.26 Å². The van der Waals surface area contributed by atoms with Crippen LogP contribution in [-0.4, -0.2) is 27.8 Å². The van der Waals surface area contributed by atoms with Gasteiger partial charge in [0.2, 0.25) is 0 Å². The summed E-state index contributed by atoms with van der Waals surface area (Å²) < 4.78 is 6.05. The second-order valence-corrected chi connectivity index (χ2v) is 3.57. The third kappa shape index (κ3) is 2.52. The number of aromatic nitrogens is 3. The summed E-state index contributed by atoms with van der Waals surface area (Å²) in [6, 6.07) is 9.17. The summed E-state index contributed by atoms with van der Waals surface area (Å²) in [5.41, 5.74) is 1.57. The maximum Gasteiger partial charge on any atom is 0.377 e. The Hall–Kier alpha value is -2.68. The van der Waals surface area contributed by atoms with Gasteiger partial charge in [-0.15, -0.1) is 5.10 Å². The monoisotopic (exact) mass is 242 g/mol. The van der Waals surface area contributed by atoms with Gasteiger partial charge in [-0.05, 0) is 17.7 Å². The smallest absolute Gasteiger partial charge is 0.377 e. The number of rotatable bonds is 3. The molecule has 2 aromatic rings. The highest BCUT2D eigenvalue weighted by atomic mass is 16.5. The SMILES string of the molecule is COC(=O)c1ncn(Cc2ccc(C#N)cc2)n1. The number of methoxy groups -OCH3 is 1. The minimum absolute atomic E-state index is 0.0335. The Morgan fingerprint density at radius 2 is 2.17 bits per heavy atom. The fourth-order valence-electron chi connectivity index (χ4n) is 1.43. The predicted octanol–water partition coefficient (Wildman–Crippen LogP) is 0.985. The van der Waals surface area contributed by atoms with Gasteiger partial charge in [-0.25, -0.2) is 14.5 Å².